The number of aliphatic hydroxyl groups excluding tert-OH is 1. The summed E-state index contributed by atoms with van der Waals surface area (Å²) in [4.78, 5) is 0.169. The summed E-state index contributed by atoms with van der Waals surface area (Å²) >= 11 is 3.31. The lowest BCUT2D eigenvalue weighted by molar-refractivity contribution is 0.281. The van der Waals surface area contributed by atoms with E-state index in [4.69, 9.17) is 6.42 Å². The molecule has 0 aromatic heterocycles. The first kappa shape index (κ1) is 16.2. The quantitative estimate of drug-likeness (QED) is 0.829. The molecule has 0 atom stereocenters. The van der Waals surface area contributed by atoms with Crippen molar-refractivity contribution in [2.24, 2.45) is 0 Å². The minimum Gasteiger partial charge on any atom is -0.392 e. The molecule has 1 N–H and O–H groups in total. The molecule has 0 aliphatic carbocycles. The minimum absolute atomic E-state index is 0.0270. The number of rotatable bonds is 5. The Morgan fingerprint density at radius 2 is 2.11 bits per heavy atom. The van der Waals surface area contributed by atoms with Crippen molar-refractivity contribution < 1.29 is 13.5 Å². The molecule has 0 saturated heterocycles. The summed E-state index contributed by atoms with van der Waals surface area (Å²) in [5, 5.41) is 9.18. The van der Waals surface area contributed by atoms with E-state index in [0.717, 1.165) is 0 Å². The van der Waals surface area contributed by atoms with Crippen molar-refractivity contribution in [2.45, 2.75) is 25.3 Å². The molecule has 1 aromatic rings. The highest BCUT2D eigenvalue weighted by atomic mass is 79.9. The Labute approximate surface area is 122 Å². The predicted octanol–water partition coefficient (Wildman–Crippen LogP) is 1.89. The fraction of sp³-hybridized carbons (Fsp3) is 0.385. The summed E-state index contributed by atoms with van der Waals surface area (Å²) in [5.41, 5.74) is 1.14. The predicted molar refractivity (Wildman–Crippen MR) is 78.1 cm³/mol. The van der Waals surface area contributed by atoms with Crippen LogP contribution < -0.4 is 0 Å². The highest BCUT2D eigenvalue weighted by molar-refractivity contribution is 9.10. The topological polar surface area (TPSA) is 57.6 Å². The Morgan fingerprint density at radius 3 is 2.58 bits per heavy atom. The number of hydrogen-bond donors (Lipinski definition) is 1. The number of terminal acetylenes is 1. The third-order valence-electron chi connectivity index (χ3n) is 2.78. The third kappa shape index (κ3) is 3.37. The fourth-order valence-corrected chi connectivity index (χ4v) is 3.97. The van der Waals surface area contributed by atoms with Crippen molar-refractivity contribution in [3.63, 3.8) is 0 Å². The van der Waals surface area contributed by atoms with Crippen LogP contribution in [-0.2, 0) is 16.6 Å². The van der Waals surface area contributed by atoms with E-state index in [1.54, 1.807) is 19.9 Å². The summed E-state index contributed by atoms with van der Waals surface area (Å²) in [5.74, 6) is 2.34. The molecular weight excluding hydrogens is 330 g/mol. The average Bonchev–Trinajstić information content (AvgIpc) is 2.38. The molecule has 1 rings (SSSR count). The summed E-state index contributed by atoms with van der Waals surface area (Å²) in [6.45, 7) is 3.55. The Bertz CT molecular complexity index is 605. The molecule has 0 saturated carbocycles. The van der Waals surface area contributed by atoms with Crippen LogP contribution in [0.4, 0.5) is 0 Å². The van der Waals surface area contributed by atoms with Gasteiger partial charge in [-0.25, -0.2) is 8.42 Å². The van der Waals surface area contributed by atoms with Crippen LogP contribution in [0.15, 0.2) is 21.5 Å². The van der Waals surface area contributed by atoms with Gasteiger partial charge in [0.05, 0.1) is 18.0 Å². The van der Waals surface area contributed by atoms with Gasteiger partial charge >= 0.3 is 0 Å². The van der Waals surface area contributed by atoms with Crippen LogP contribution in [0.1, 0.15) is 18.1 Å². The summed E-state index contributed by atoms with van der Waals surface area (Å²) in [6.07, 6.45) is 5.20. The Kier molecular flexibility index (Phi) is 5.56. The zero-order chi connectivity index (χ0) is 14.6. The van der Waals surface area contributed by atoms with Crippen LogP contribution in [0.5, 0.6) is 0 Å². The molecule has 0 fully saturated rings. The van der Waals surface area contributed by atoms with E-state index in [0.29, 0.717) is 22.1 Å². The molecule has 0 amide bonds. The highest BCUT2D eigenvalue weighted by Crippen LogP contribution is 2.28. The summed E-state index contributed by atoms with van der Waals surface area (Å²) in [7, 11) is -3.65. The molecule has 0 aliphatic rings. The van der Waals surface area contributed by atoms with Crippen LogP contribution in [0.25, 0.3) is 0 Å². The van der Waals surface area contributed by atoms with Gasteiger partial charge in [-0.3, -0.25) is 0 Å². The van der Waals surface area contributed by atoms with Gasteiger partial charge in [-0.2, -0.15) is 4.31 Å². The number of benzene rings is 1. The van der Waals surface area contributed by atoms with Crippen LogP contribution in [-0.4, -0.2) is 30.9 Å². The standard InChI is InChI=1S/C13H16BrNO3S/c1-4-6-15(5-2)19(17,18)13-8-11(9-16)7-12(14)10(13)3/h1,7-8,16H,5-6,9H2,2-3H3. The second-order valence-corrected chi connectivity index (χ2v) is 6.75. The molecule has 6 heteroatoms. The molecule has 0 radical (unpaired) electrons. The van der Waals surface area contributed by atoms with Crippen molar-refractivity contribution in [3.8, 4) is 12.3 Å². The van der Waals surface area contributed by atoms with Gasteiger partial charge in [0.2, 0.25) is 10.0 Å². The summed E-state index contributed by atoms with van der Waals surface area (Å²) in [6, 6.07) is 3.18. The molecule has 0 aliphatic heterocycles. The van der Waals surface area contributed by atoms with Crippen LogP contribution in [0, 0.1) is 19.3 Å². The van der Waals surface area contributed by atoms with E-state index in [-0.39, 0.29) is 18.0 Å². The van der Waals surface area contributed by atoms with E-state index in [2.05, 4.69) is 21.9 Å². The largest absolute Gasteiger partial charge is 0.392 e. The minimum atomic E-state index is -3.65. The fourth-order valence-electron chi connectivity index (χ4n) is 1.67. The van der Waals surface area contributed by atoms with Crippen molar-refractivity contribution >= 4 is 26.0 Å². The van der Waals surface area contributed by atoms with Crippen LogP contribution >= 0.6 is 15.9 Å². The van der Waals surface area contributed by atoms with Gasteiger partial charge in [-0.1, -0.05) is 28.8 Å². The van der Waals surface area contributed by atoms with Gasteiger partial charge in [0.25, 0.3) is 0 Å². The van der Waals surface area contributed by atoms with Crippen molar-refractivity contribution in [2.75, 3.05) is 13.1 Å². The van der Waals surface area contributed by atoms with Crippen LogP contribution in [0.3, 0.4) is 0 Å². The van der Waals surface area contributed by atoms with Gasteiger partial charge in [0, 0.05) is 11.0 Å². The molecule has 0 bridgehead atoms. The lowest BCUT2D eigenvalue weighted by Crippen LogP contribution is -2.31. The van der Waals surface area contributed by atoms with E-state index in [1.165, 1.54) is 10.4 Å². The maximum atomic E-state index is 12.5. The molecule has 1 aromatic carbocycles. The van der Waals surface area contributed by atoms with Crippen LogP contribution in [0.2, 0.25) is 0 Å². The van der Waals surface area contributed by atoms with E-state index >= 15 is 0 Å². The number of nitrogens with zero attached hydrogens (tertiary/aromatic N) is 1. The molecule has 4 nitrogen and oxygen atoms in total. The second kappa shape index (κ2) is 6.53. The number of aliphatic hydroxyl groups is 1. The zero-order valence-electron chi connectivity index (χ0n) is 10.9. The SMILES string of the molecule is C#CCN(CC)S(=O)(=O)c1cc(CO)cc(Br)c1C. The number of halogens is 1. The van der Waals surface area contributed by atoms with Gasteiger partial charge in [-0.15, -0.1) is 6.42 Å². The smallest absolute Gasteiger partial charge is 0.244 e. The number of sulfonamides is 1. The van der Waals surface area contributed by atoms with Gasteiger partial charge in [0.15, 0.2) is 0 Å². The Hall–Kier alpha value is -0.870. The lowest BCUT2D eigenvalue weighted by atomic mass is 10.2. The molecule has 0 heterocycles. The molecule has 0 unspecified atom stereocenters. The average molecular weight is 346 g/mol. The molecule has 19 heavy (non-hydrogen) atoms. The molecule has 104 valence electrons. The van der Waals surface area contributed by atoms with Gasteiger partial charge < -0.3 is 5.11 Å². The van der Waals surface area contributed by atoms with Gasteiger partial charge in [-0.05, 0) is 30.2 Å². The highest BCUT2D eigenvalue weighted by Gasteiger charge is 2.25. The van der Waals surface area contributed by atoms with Crippen molar-refractivity contribution in [3.05, 3.63) is 27.7 Å². The molecule has 0 spiro atoms. The van der Waals surface area contributed by atoms with Crippen molar-refractivity contribution in [1.29, 1.82) is 0 Å². The van der Waals surface area contributed by atoms with E-state index in [9.17, 15) is 13.5 Å². The lowest BCUT2D eigenvalue weighted by Gasteiger charge is -2.20. The normalized spacial score (nSPS) is 11.6. The van der Waals surface area contributed by atoms with Crippen molar-refractivity contribution in [1.82, 2.24) is 4.31 Å². The number of hydrogen-bond acceptors (Lipinski definition) is 3. The first-order valence-electron chi connectivity index (χ1n) is 5.72. The van der Waals surface area contributed by atoms with E-state index < -0.39 is 10.0 Å². The summed E-state index contributed by atoms with van der Waals surface area (Å²) < 4.78 is 26.9. The second-order valence-electron chi connectivity index (χ2n) is 3.99. The van der Waals surface area contributed by atoms with Gasteiger partial charge in [0.1, 0.15) is 0 Å². The first-order valence-corrected chi connectivity index (χ1v) is 7.95. The zero-order valence-corrected chi connectivity index (χ0v) is 13.3. The van der Waals surface area contributed by atoms with E-state index in [1.807, 2.05) is 0 Å². The maximum absolute atomic E-state index is 12.5. The Balaban J connectivity index is 3.44. The maximum Gasteiger partial charge on any atom is 0.244 e. The molecular formula is C13H16BrNO3S. The monoisotopic (exact) mass is 345 g/mol. The first-order chi connectivity index (χ1) is 8.88. The Morgan fingerprint density at radius 1 is 1.47 bits per heavy atom. The third-order valence-corrected chi connectivity index (χ3v) is 5.65.